The van der Waals surface area contributed by atoms with E-state index in [1.807, 2.05) is 0 Å². The highest BCUT2D eigenvalue weighted by molar-refractivity contribution is 6.69. The molecule has 6 heteroatoms. The summed E-state index contributed by atoms with van der Waals surface area (Å²) in [7, 11) is -1.34. The van der Waals surface area contributed by atoms with E-state index in [0.717, 1.165) is 25.9 Å². The number of hydrogen-bond acceptors (Lipinski definition) is 4. The summed E-state index contributed by atoms with van der Waals surface area (Å²) >= 11 is 0. The molecule has 106 valence electrons. The Kier molecular flexibility index (Phi) is 12.7. The average molecular weight is 268 g/mol. The normalized spacial score (nSPS) is 13.2. The zero-order chi connectivity index (χ0) is 12.4. The molecule has 0 bridgehead atoms. The van der Waals surface area contributed by atoms with Crippen molar-refractivity contribution in [2.45, 2.75) is 45.0 Å². The van der Waals surface area contributed by atoms with Gasteiger partial charge in [0.1, 0.15) is 6.10 Å². The van der Waals surface area contributed by atoms with Gasteiger partial charge in [0.25, 0.3) is 0 Å². The van der Waals surface area contributed by atoms with E-state index in [1.165, 1.54) is 0 Å². The van der Waals surface area contributed by atoms with E-state index in [-0.39, 0.29) is 18.7 Å². The lowest BCUT2D eigenvalue weighted by molar-refractivity contribution is 0.00514. The van der Waals surface area contributed by atoms with Crippen LogP contribution in [0.4, 0.5) is 0 Å². The Bertz CT molecular complexity index is 160. The SMILES string of the molecule is C[Si](C)(C)OCCCCCOCC(O)CO.O. The van der Waals surface area contributed by atoms with Crippen molar-refractivity contribution in [2.24, 2.45) is 0 Å². The summed E-state index contributed by atoms with van der Waals surface area (Å²) in [6.07, 6.45) is 2.39. The quantitative estimate of drug-likeness (QED) is 0.447. The van der Waals surface area contributed by atoms with Crippen molar-refractivity contribution in [3.63, 3.8) is 0 Å². The topological polar surface area (TPSA) is 90.4 Å². The molecule has 0 aromatic rings. The number of unbranched alkanes of at least 4 members (excludes halogenated alkanes) is 2. The third-order valence-corrected chi connectivity index (χ3v) is 3.06. The minimum absolute atomic E-state index is 0. The van der Waals surface area contributed by atoms with Crippen LogP contribution in [0, 0.1) is 0 Å². The molecule has 0 aliphatic carbocycles. The van der Waals surface area contributed by atoms with Crippen LogP contribution < -0.4 is 0 Å². The number of rotatable bonds is 10. The summed E-state index contributed by atoms with van der Waals surface area (Å²) in [6, 6.07) is 0. The van der Waals surface area contributed by atoms with Crippen LogP contribution in [-0.4, -0.2) is 56.5 Å². The molecule has 0 aliphatic rings. The molecule has 5 nitrogen and oxygen atoms in total. The maximum atomic E-state index is 9.00. The van der Waals surface area contributed by atoms with E-state index in [9.17, 15) is 0 Å². The van der Waals surface area contributed by atoms with Gasteiger partial charge in [0.2, 0.25) is 0 Å². The van der Waals surface area contributed by atoms with Crippen molar-refractivity contribution < 1.29 is 24.9 Å². The van der Waals surface area contributed by atoms with Crippen molar-refractivity contribution in [1.82, 2.24) is 0 Å². The maximum absolute atomic E-state index is 9.00. The van der Waals surface area contributed by atoms with E-state index in [1.54, 1.807) is 0 Å². The van der Waals surface area contributed by atoms with Crippen LogP contribution in [-0.2, 0) is 9.16 Å². The zero-order valence-corrected chi connectivity index (χ0v) is 12.2. The molecular weight excluding hydrogens is 240 g/mol. The lowest BCUT2D eigenvalue weighted by atomic mass is 10.2. The molecule has 0 saturated carbocycles. The van der Waals surface area contributed by atoms with Crippen LogP contribution in [0.25, 0.3) is 0 Å². The van der Waals surface area contributed by atoms with Crippen molar-refractivity contribution in [1.29, 1.82) is 0 Å². The van der Waals surface area contributed by atoms with Crippen molar-refractivity contribution in [3.05, 3.63) is 0 Å². The monoisotopic (exact) mass is 268 g/mol. The second-order valence-corrected chi connectivity index (χ2v) is 9.45. The van der Waals surface area contributed by atoms with E-state index in [0.29, 0.717) is 6.61 Å². The summed E-state index contributed by atoms with van der Waals surface area (Å²) in [5, 5.41) is 17.5. The molecule has 0 aromatic heterocycles. The van der Waals surface area contributed by atoms with Crippen LogP contribution in [0.1, 0.15) is 19.3 Å². The Morgan fingerprint density at radius 1 is 1.06 bits per heavy atom. The predicted molar refractivity (Wildman–Crippen MR) is 70.7 cm³/mol. The van der Waals surface area contributed by atoms with Gasteiger partial charge in [-0.05, 0) is 38.9 Å². The van der Waals surface area contributed by atoms with Crippen molar-refractivity contribution >= 4 is 8.32 Å². The molecule has 4 N–H and O–H groups in total. The Hall–Kier alpha value is 0.0169. The molecule has 0 amide bonds. The molecule has 0 fully saturated rings. The van der Waals surface area contributed by atoms with Gasteiger partial charge in [0.05, 0.1) is 13.2 Å². The Labute approximate surface area is 105 Å². The second kappa shape index (κ2) is 11.1. The summed E-state index contributed by atoms with van der Waals surface area (Å²) in [6.45, 7) is 8.04. The highest BCUT2D eigenvalue weighted by Gasteiger charge is 2.12. The molecule has 17 heavy (non-hydrogen) atoms. The lowest BCUT2D eigenvalue weighted by Gasteiger charge is -2.16. The zero-order valence-electron chi connectivity index (χ0n) is 11.2. The Balaban J connectivity index is 0. The van der Waals surface area contributed by atoms with E-state index in [2.05, 4.69) is 19.6 Å². The van der Waals surface area contributed by atoms with E-state index < -0.39 is 14.4 Å². The number of hydrogen-bond donors (Lipinski definition) is 2. The Morgan fingerprint density at radius 3 is 2.18 bits per heavy atom. The summed E-state index contributed by atoms with van der Waals surface area (Å²) in [4.78, 5) is 0. The summed E-state index contributed by atoms with van der Waals surface area (Å²) < 4.78 is 10.9. The summed E-state index contributed by atoms with van der Waals surface area (Å²) in [5.41, 5.74) is 0. The average Bonchev–Trinajstić information content (AvgIpc) is 2.20. The second-order valence-electron chi connectivity index (χ2n) is 4.93. The molecule has 0 rings (SSSR count). The number of aliphatic hydroxyl groups excluding tert-OH is 2. The molecular formula is C11H28O5Si. The fourth-order valence-electron chi connectivity index (χ4n) is 1.13. The summed E-state index contributed by atoms with van der Waals surface area (Å²) in [5.74, 6) is 0. The first-order valence-corrected chi connectivity index (χ1v) is 9.37. The van der Waals surface area contributed by atoms with E-state index >= 15 is 0 Å². The van der Waals surface area contributed by atoms with E-state index in [4.69, 9.17) is 19.4 Å². The predicted octanol–water partition coefficient (Wildman–Crippen LogP) is 0.553. The van der Waals surface area contributed by atoms with Gasteiger partial charge in [0.15, 0.2) is 8.32 Å². The van der Waals surface area contributed by atoms with Crippen molar-refractivity contribution in [2.75, 3.05) is 26.4 Å². The van der Waals surface area contributed by atoms with Crippen LogP contribution in [0.5, 0.6) is 0 Å². The van der Waals surface area contributed by atoms with Crippen LogP contribution in [0.15, 0.2) is 0 Å². The van der Waals surface area contributed by atoms with Gasteiger partial charge < -0.3 is 24.9 Å². The van der Waals surface area contributed by atoms with Crippen molar-refractivity contribution in [3.8, 4) is 0 Å². The maximum Gasteiger partial charge on any atom is 0.183 e. The van der Waals surface area contributed by atoms with Gasteiger partial charge >= 0.3 is 0 Å². The first-order chi connectivity index (χ1) is 7.45. The molecule has 1 unspecified atom stereocenters. The van der Waals surface area contributed by atoms with Gasteiger partial charge in [-0.3, -0.25) is 0 Å². The molecule has 0 spiro atoms. The molecule has 0 saturated heterocycles. The first-order valence-electron chi connectivity index (χ1n) is 5.96. The number of ether oxygens (including phenoxy) is 1. The minimum atomic E-state index is -1.34. The standard InChI is InChI=1S/C11H26O4Si.H2O/c1-16(2,3)15-8-6-4-5-7-14-10-11(13)9-12;/h11-13H,4-10H2,1-3H3;1H2. The van der Waals surface area contributed by atoms with Crippen LogP contribution in [0.2, 0.25) is 19.6 Å². The highest BCUT2D eigenvalue weighted by atomic mass is 28.4. The highest BCUT2D eigenvalue weighted by Crippen LogP contribution is 2.05. The van der Waals surface area contributed by atoms with Crippen LogP contribution >= 0.6 is 0 Å². The van der Waals surface area contributed by atoms with Gasteiger partial charge in [-0.1, -0.05) is 0 Å². The Morgan fingerprint density at radius 2 is 1.65 bits per heavy atom. The lowest BCUT2D eigenvalue weighted by Crippen LogP contribution is -2.25. The molecule has 0 radical (unpaired) electrons. The number of aliphatic hydroxyl groups is 2. The molecule has 0 heterocycles. The third kappa shape index (κ3) is 16.0. The fraction of sp³-hybridized carbons (Fsp3) is 1.00. The van der Waals surface area contributed by atoms with Crippen LogP contribution in [0.3, 0.4) is 0 Å². The van der Waals surface area contributed by atoms with Gasteiger partial charge in [-0.2, -0.15) is 0 Å². The first kappa shape index (κ1) is 19.4. The fourth-order valence-corrected chi connectivity index (χ4v) is 1.89. The molecule has 0 aliphatic heterocycles. The van der Waals surface area contributed by atoms with Gasteiger partial charge in [-0.25, -0.2) is 0 Å². The van der Waals surface area contributed by atoms with Gasteiger partial charge in [0, 0.05) is 13.2 Å². The largest absolute Gasteiger partial charge is 0.418 e. The minimum Gasteiger partial charge on any atom is -0.418 e. The molecule has 1 atom stereocenters. The molecule has 0 aromatic carbocycles. The smallest absolute Gasteiger partial charge is 0.183 e. The third-order valence-electron chi connectivity index (χ3n) is 1.99. The van der Waals surface area contributed by atoms with Gasteiger partial charge in [-0.15, -0.1) is 0 Å².